The van der Waals surface area contributed by atoms with Gasteiger partial charge in [0.25, 0.3) is 11.1 Å². The molecule has 3 heterocycles. The maximum atomic E-state index is 12.7. The standard InChI is InChI=1S/C21H27N5O2/c27-19-13-16-3-1-2-4-18(16)23-26(19)14-15-7-10-24(11-8-15)20-21(28)25(12-9-22-20)17-5-6-17/h9,12-13,15,17H,1-8,10-11,14H2. The van der Waals surface area contributed by atoms with Crippen LogP contribution in [0, 0.1) is 5.92 Å². The molecule has 2 aromatic heterocycles. The average molecular weight is 381 g/mol. The highest BCUT2D eigenvalue weighted by Crippen LogP contribution is 2.33. The lowest BCUT2D eigenvalue weighted by molar-refractivity contribution is 0.331. The van der Waals surface area contributed by atoms with Crippen LogP contribution in [0.4, 0.5) is 5.82 Å². The number of hydrogen-bond acceptors (Lipinski definition) is 5. The fraction of sp³-hybridized carbons (Fsp3) is 0.619. The topological polar surface area (TPSA) is 73.0 Å². The first-order valence-corrected chi connectivity index (χ1v) is 10.6. The number of fused-ring (bicyclic) bond motifs is 1. The molecule has 3 aliphatic rings. The second-order valence-corrected chi connectivity index (χ2v) is 8.47. The Hall–Kier alpha value is -2.44. The summed E-state index contributed by atoms with van der Waals surface area (Å²) < 4.78 is 3.51. The zero-order valence-corrected chi connectivity index (χ0v) is 16.2. The number of aryl methyl sites for hydroxylation is 2. The Balaban J connectivity index is 1.26. The molecule has 28 heavy (non-hydrogen) atoms. The fourth-order valence-electron chi connectivity index (χ4n) is 4.57. The molecule has 1 saturated carbocycles. The third-order valence-corrected chi connectivity index (χ3v) is 6.41. The summed E-state index contributed by atoms with van der Waals surface area (Å²) in [7, 11) is 0. The van der Waals surface area contributed by atoms with Crippen LogP contribution in [0.3, 0.4) is 0 Å². The molecule has 1 saturated heterocycles. The Bertz CT molecular complexity index is 983. The van der Waals surface area contributed by atoms with Crippen LogP contribution >= 0.6 is 0 Å². The van der Waals surface area contributed by atoms with E-state index >= 15 is 0 Å². The molecule has 7 heteroatoms. The van der Waals surface area contributed by atoms with Crippen molar-refractivity contribution in [2.45, 2.75) is 64.0 Å². The van der Waals surface area contributed by atoms with Gasteiger partial charge in [-0.1, -0.05) is 0 Å². The van der Waals surface area contributed by atoms with Gasteiger partial charge in [-0.05, 0) is 62.8 Å². The van der Waals surface area contributed by atoms with Crippen LogP contribution in [-0.4, -0.2) is 32.4 Å². The molecule has 0 radical (unpaired) electrons. The van der Waals surface area contributed by atoms with Crippen LogP contribution < -0.4 is 16.0 Å². The van der Waals surface area contributed by atoms with E-state index in [0.29, 0.717) is 24.3 Å². The zero-order valence-electron chi connectivity index (χ0n) is 16.2. The SMILES string of the molecule is O=c1c(N2CCC(Cn3nc4c(cc3=O)CCCC4)CC2)nccn1C1CC1. The van der Waals surface area contributed by atoms with Crippen molar-refractivity contribution in [1.29, 1.82) is 0 Å². The van der Waals surface area contributed by atoms with E-state index in [1.54, 1.807) is 16.9 Å². The van der Waals surface area contributed by atoms with Gasteiger partial charge >= 0.3 is 0 Å². The number of hydrogen-bond donors (Lipinski definition) is 0. The van der Waals surface area contributed by atoms with Crippen molar-refractivity contribution in [2.24, 2.45) is 5.92 Å². The molecular weight excluding hydrogens is 354 g/mol. The molecule has 0 amide bonds. The van der Waals surface area contributed by atoms with Crippen molar-refractivity contribution in [1.82, 2.24) is 19.3 Å². The minimum atomic E-state index is 0.0279. The maximum Gasteiger partial charge on any atom is 0.293 e. The minimum absolute atomic E-state index is 0.0279. The largest absolute Gasteiger partial charge is 0.352 e. The van der Waals surface area contributed by atoms with E-state index in [2.05, 4.69) is 15.0 Å². The van der Waals surface area contributed by atoms with Gasteiger partial charge < -0.3 is 9.47 Å². The van der Waals surface area contributed by atoms with Gasteiger partial charge in [-0.2, -0.15) is 5.10 Å². The van der Waals surface area contributed by atoms with Crippen molar-refractivity contribution in [3.8, 4) is 0 Å². The molecule has 2 aromatic rings. The summed E-state index contributed by atoms with van der Waals surface area (Å²) in [4.78, 5) is 31.6. The van der Waals surface area contributed by atoms with Crippen LogP contribution in [0.2, 0.25) is 0 Å². The van der Waals surface area contributed by atoms with Gasteiger partial charge in [-0.25, -0.2) is 9.67 Å². The molecule has 0 atom stereocenters. The lowest BCUT2D eigenvalue weighted by atomic mass is 9.96. The number of anilines is 1. The summed E-state index contributed by atoms with van der Waals surface area (Å²) in [5, 5.41) is 4.66. The van der Waals surface area contributed by atoms with Gasteiger partial charge in [0.15, 0.2) is 5.82 Å². The van der Waals surface area contributed by atoms with E-state index in [0.717, 1.165) is 69.3 Å². The van der Waals surface area contributed by atoms with Gasteiger partial charge in [0.2, 0.25) is 0 Å². The summed E-state index contributed by atoms with van der Waals surface area (Å²) in [5.74, 6) is 0.995. The van der Waals surface area contributed by atoms with Crippen LogP contribution in [0.1, 0.15) is 55.8 Å². The van der Waals surface area contributed by atoms with Crippen molar-refractivity contribution in [3.63, 3.8) is 0 Å². The highest BCUT2D eigenvalue weighted by atomic mass is 16.1. The molecule has 0 spiro atoms. The molecule has 0 aromatic carbocycles. The first-order valence-electron chi connectivity index (χ1n) is 10.6. The first kappa shape index (κ1) is 17.6. The summed E-state index contributed by atoms with van der Waals surface area (Å²) in [5.41, 5.74) is 2.32. The molecule has 0 unspecified atom stereocenters. The molecule has 7 nitrogen and oxygen atoms in total. The third kappa shape index (κ3) is 3.38. The molecule has 0 bridgehead atoms. The van der Waals surface area contributed by atoms with Crippen molar-refractivity contribution in [3.05, 3.63) is 50.4 Å². The molecule has 1 aliphatic heterocycles. The zero-order chi connectivity index (χ0) is 19.1. The van der Waals surface area contributed by atoms with Crippen molar-refractivity contribution in [2.75, 3.05) is 18.0 Å². The van der Waals surface area contributed by atoms with Crippen molar-refractivity contribution < 1.29 is 0 Å². The second-order valence-electron chi connectivity index (χ2n) is 8.47. The van der Waals surface area contributed by atoms with E-state index in [-0.39, 0.29) is 11.1 Å². The van der Waals surface area contributed by atoms with E-state index < -0.39 is 0 Å². The molecule has 5 rings (SSSR count). The summed E-state index contributed by atoms with van der Waals surface area (Å²) in [6.07, 6.45) is 11.9. The van der Waals surface area contributed by atoms with E-state index in [1.165, 1.54) is 6.42 Å². The summed E-state index contributed by atoms with van der Waals surface area (Å²) in [6, 6.07) is 2.17. The van der Waals surface area contributed by atoms with Crippen molar-refractivity contribution >= 4 is 5.82 Å². The minimum Gasteiger partial charge on any atom is -0.352 e. The van der Waals surface area contributed by atoms with Gasteiger partial charge in [-0.15, -0.1) is 0 Å². The van der Waals surface area contributed by atoms with E-state index in [9.17, 15) is 9.59 Å². The predicted molar refractivity (Wildman–Crippen MR) is 107 cm³/mol. The number of rotatable bonds is 4. The van der Waals surface area contributed by atoms with Gasteiger partial charge in [0, 0.05) is 44.1 Å². The number of nitrogens with zero attached hydrogens (tertiary/aromatic N) is 5. The predicted octanol–water partition coefficient (Wildman–Crippen LogP) is 1.93. The normalized spacial score (nSPS) is 20.2. The Morgan fingerprint density at radius 2 is 1.82 bits per heavy atom. The molecule has 2 aliphatic carbocycles. The summed E-state index contributed by atoms with van der Waals surface area (Å²) in [6.45, 7) is 2.29. The first-order chi connectivity index (χ1) is 13.7. The van der Waals surface area contributed by atoms with E-state index in [1.807, 2.05) is 10.8 Å². The molecule has 0 N–H and O–H groups in total. The smallest absolute Gasteiger partial charge is 0.293 e. The monoisotopic (exact) mass is 381 g/mol. The third-order valence-electron chi connectivity index (χ3n) is 6.41. The van der Waals surface area contributed by atoms with Crippen LogP contribution in [0.15, 0.2) is 28.0 Å². The molecule has 2 fully saturated rings. The Morgan fingerprint density at radius 1 is 1.04 bits per heavy atom. The average Bonchev–Trinajstić information content (AvgIpc) is 3.55. The lowest BCUT2D eigenvalue weighted by Crippen LogP contribution is -2.40. The quantitative estimate of drug-likeness (QED) is 0.809. The maximum absolute atomic E-state index is 12.7. The molecule has 148 valence electrons. The molecular formula is C21H27N5O2. The van der Waals surface area contributed by atoms with Crippen LogP contribution in [0.5, 0.6) is 0 Å². The second kappa shape index (κ2) is 7.18. The number of piperidine rings is 1. The lowest BCUT2D eigenvalue weighted by Gasteiger charge is -2.32. The van der Waals surface area contributed by atoms with Gasteiger partial charge in [0.05, 0.1) is 5.69 Å². The number of aromatic nitrogens is 4. The Morgan fingerprint density at radius 3 is 2.61 bits per heavy atom. The fourth-order valence-corrected chi connectivity index (χ4v) is 4.57. The van der Waals surface area contributed by atoms with E-state index in [4.69, 9.17) is 0 Å². The van der Waals surface area contributed by atoms with Gasteiger partial charge in [-0.3, -0.25) is 9.59 Å². The highest BCUT2D eigenvalue weighted by molar-refractivity contribution is 5.36. The Labute approximate surface area is 164 Å². The highest BCUT2D eigenvalue weighted by Gasteiger charge is 2.28. The van der Waals surface area contributed by atoms with Gasteiger partial charge in [0.1, 0.15) is 0 Å². The Kier molecular flexibility index (Phi) is 4.53. The summed E-state index contributed by atoms with van der Waals surface area (Å²) >= 11 is 0. The van der Waals surface area contributed by atoms with Crippen LogP contribution in [-0.2, 0) is 19.4 Å². The van der Waals surface area contributed by atoms with Crippen LogP contribution in [0.25, 0.3) is 0 Å².